The van der Waals surface area contributed by atoms with E-state index in [4.69, 9.17) is 17.7 Å². The van der Waals surface area contributed by atoms with Gasteiger partial charge < -0.3 is 19.4 Å². The van der Waals surface area contributed by atoms with Crippen LogP contribution in [0.3, 0.4) is 0 Å². The minimum atomic E-state index is -2.30. The van der Waals surface area contributed by atoms with E-state index in [0.717, 1.165) is 44.7 Å². The van der Waals surface area contributed by atoms with E-state index in [2.05, 4.69) is 34.2 Å². The number of pyridine rings is 2. The Kier molecular flexibility index (Phi) is 6.95. The summed E-state index contributed by atoms with van der Waals surface area (Å²) in [5, 5.41) is 0. The van der Waals surface area contributed by atoms with Crippen LogP contribution in [0, 0.1) is 25.8 Å². The molecule has 0 N–H and O–H groups in total. The molecule has 0 saturated carbocycles. The van der Waals surface area contributed by atoms with Gasteiger partial charge in [-0.3, -0.25) is 0 Å². The second kappa shape index (κ2) is 13.4. The quantitative estimate of drug-likeness (QED) is 0.134. The summed E-state index contributed by atoms with van der Waals surface area (Å²) in [6.45, 7) is -4.46. The van der Waals surface area contributed by atoms with Crippen LogP contribution in [0.2, 0.25) is 0 Å². The first kappa shape index (κ1) is 24.8. The Morgan fingerprint density at radius 1 is 0.667 bits per heavy atom. The molecule has 4 heterocycles. The summed E-state index contributed by atoms with van der Waals surface area (Å²) >= 11 is 0. The Labute approximate surface area is 303 Å². The van der Waals surface area contributed by atoms with Crippen molar-refractivity contribution in [2.45, 2.75) is 13.7 Å². The molecule has 2 aliphatic heterocycles. The average Bonchev–Trinajstić information content (AvgIpc) is 3.18. The maximum Gasteiger partial charge on any atom is 0.239 e. The van der Waals surface area contributed by atoms with Gasteiger partial charge in [-0.25, -0.2) is 0 Å². The predicted molar refractivity (Wildman–Crippen MR) is 190 cm³/mol. The van der Waals surface area contributed by atoms with Crippen molar-refractivity contribution in [3.63, 3.8) is 0 Å². The number of ether oxygens (including phenoxy) is 2. The molecule has 5 aromatic carbocycles. The first-order valence-electron chi connectivity index (χ1n) is 18.2. The van der Waals surface area contributed by atoms with Crippen molar-refractivity contribution in [2.24, 2.45) is 0 Å². The van der Waals surface area contributed by atoms with Gasteiger partial charge >= 0.3 is 0 Å². The van der Waals surface area contributed by atoms with Gasteiger partial charge in [-0.15, -0.1) is 48.0 Å². The Morgan fingerprint density at radius 3 is 2.10 bits per heavy atom. The molecular weight excluding hydrogens is 768 g/mol. The fourth-order valence-electron chi connectivity index (χ4n) is 6.07. The van der Waals surface area contributed by atoms with Crippen molar-refractivity contribution in [3.8, 4) is 56.6 Å². The van der Waals surface area contributed by atoms with Crippen molar-refractivity contribution in [1.82, 2.24) is 9.97 Å². The summed E-state index contributed by atoms with van der Waals surface area (Å²) in [5.41, 5.74) is 7.78. The maximum absolute atomic E-state index is 8.07. The van der Waals surface area contributed by atoms with Crippen molar-refractivity contribution in [1.29, 1.82) is 0 Å². The maximum atomic E-state index is 8.07. The molecule has 1 radical (unpaired) electrons. The molecule has 0 bridgehead atoms. The monoisotopic (exact) mass is 803 g/mol. The summed E-state index contributed by atoms with van der Waals surface area (Å²) in [7, 11) is 0. The average molecular weight is 803 g/mol. The van der Waals surface area contributed by atoms with Crippen LogP contribution in [-0.2, 0) is 20.1 Å². The second-order valence-electron chi connectivity index (χ2n) is 11.2. The first-order chi connectivity index (χ1) is 25.6. The van der Waals surface area contributed by atoms with Crippen LogP contribution < -0.4 is 25.9 Å². The zero-order valence-electron chi connectivity index (χ0n) is 31.4. The standard InChI is InChI=1S/C30H19BNO2.C12H10N.Ir/c1-19-18-32-25(17-22(19)20-9-3-2-4-10-20)21-15-16-28-29-30(21)34-27-14-8-6-12-24(27)31(29)23-11-5-7-13-26(23)33-28;1-10-7-8-12(13-9-10)11-5-3-2-4-6-11;/h2-14,16-18H,1H3;2-5,7-9H,1H3;/q2*-1;/i2*1D3;. The Balaban J connectivity index is 0.000000223. The van der Waals surface area contributed by atoms with Crippen molar-refractivity contribution >= 4 is 23.1 Å². The van der Waals surface area contributed by atoms with E-state index in [1.807, 2.05) is 97.1 Å². The molecule has 0 saturated heterocycles. The van der Waals surface area contributed by atoms with E-state index in [-0.39, 0.29) is 37.9 Å². The fourth-order valence-corrected chi connectivity index (χ4v) is 6.07. The van der Waals surface area contributed by atoms with Crippen LogP contribution in [-0.4, -0.2) is 16.7 Å². The third-order valence-electron chi connectivity index (χ3n) is 8.26. The molecule has 2 aromatic heterocycles. The SMILES string of the molecule is [2H]C([2H])([2H])c1ccc(-c2[c-]cccc2)nc1.[2H]C([2H])([2H])c1cnc(-c2[c-]cc3c4c2Oc2ccccc2B4c2ccccc2O3)cc1-c1ccccc1.[Ir]. The number of benzene rings is 5. The summed E-state index contributed by atoms with van der Waals surface area (Å²) in [4.78, 5) is 8.72. The number of rotatable bonds is 3. The smallest absolute Gasteiger partial charge is 0.239 e. The number of hydrogen-bond acceptors (Lipinski definition) is 4. The zero-order valence-corrected chi connectivity index (χ0v) is 27.8. The van der Waals surface area contributed by atoms with Crippen LogP contribution in [0.1, 0.15) is 19.4 Å². The number of aromatic nitrogens is 2. The predicted octanol–water partition coefficient (Wildman–Crippen LogP) is 8.11. The molecule has 0 aliphatic carbocycles. The van der Waals surface area contributed by atoms with Crippen LogP contribution in [0.5, 0.6) is 23.0 Å². The number of hydrogen-bond donors (Lipinski definition) is 0. The molecule has 0 atom stereocenters. The number of fused-ring (bicyclic) bond motifs is 4. The molecule has 0 spiro atoms. The van der Waals surface area contributed by atoms with E-state index in [0.29, 0.717) is 28.3 Å². The van der Waals surface area contributed by atoms with Gasteiger partial charge in [0.1, 0.15) is 11.5 Å². The minimum absolute atomic E-state index is 0. The molecule has 233 valence electrons. The normalized spacial score (nSPS) is 14.0. The van der Waals surface area contributed by atoms with Gasteiger partial charge in [0.15, 0.2) is 0 Å². The van der Waals surface area contributed by atoms with Gasteiger partial charge in [-0.05, 0) is 70.4 Å². The van der Waals surface area contributed by atoms with Gasteiger partial charge in [0, 0.05) is 52.2 Å². The van der Waals surface area contributed by atoms with E-state index >= 15 is 0 Å². The molecule has 0 unspecified atom stereocenters. The zero-order chi connectivity index (χ0) is 36.7. The van der Waals surface area contributed by atoms with Gasteiger partial charge in [0.2, 0.25) is 6.71 Å². The first-order valence-corrected chi connectivity index (χ1v) is 15.2. The third-order valence-corrected chi connectivity index (χ3v) is 8.26. The number of nitrogens with zero attached hydrogens (tertiary/aromatic N) is 2. The molecular formula is C42H29BIrN2O2-2. The number of aryl methyl sites for hydroxylation is 2. The van der Waals surface area contributed by atoms with Crippen LogP contribution in [0.15, 0.2) is 140 Å². The van der Waals surface area contributed by atoms with Crippen molar-refractivity contribution in [2.75, 3.05) is 0 Å². The third kappa shape index (κ3) is 5.86. The summed E-state index contributed by atoms with van der Waals surface area (Å²) in [6, 6.07) is 46.3. The van der Waals surface area contributed by atoms with Gasteiger partial charge in [-0.1, -0.05) is 96.0 Å². The molecule has 9 rings (SSSR count). The van der Waals surface area contributed by atoms with Gasteiger partial charge in [0.05, 0.1) is 0 Å². The summed E-state index contributed by atoms with van der Waals surface area (Å²) < 4.78 is 58.7. The fraction of sp³-hybridized carbons (Fsp3) is 0.0476. The number of para-hydroxylation sites is 2. The van der Waals surface area contributed by atoms with Crippen molar-refractivity contribution < 1.29 is 37.8 Å². The van der Waals surface area contributed by atoms with E-state index in [1.54, 1.807) is 18.2 Å². The van der Waals surface area contributed by atoms with E-state index in [9.17, 15) is 0 Å². The van der Waals surface area contributed by atoms with Gasteiger partial charge in [-0.2, -0.15) is 0 Å². The molecule has 4 nitrogen and oxygen atoms in total. The largest absolute Gasteiger partial charge is 0.503 e. The van der Waals surface area contributed by atoms with Gasteiger partial charge in [0.25, 0.3) is 0 Å². The van der Waals surface area contributed by atoms with Crippen molar-refractivity contribution in [3.05, 3.63) is 163 Å². The molecule has 6 heteroatoms. The topological polar surface area (TPSA) is 44.2 Å². The van der Waals surface area contributed by atoms with E-state index in [1.165, 1.54) is 12.4 Å². The van der Waals surface area contributed by atoms with Crippen LogP contribution in [0.25, 0.3) is 33.6 Å². The molecule has 7 aromatic rings. The summed E-state index contributed by atoms with van der Waals surface area (Å²) in [5.74, 6) is 2.91. The molecule has 0 amide bonds. The van der Waals surface area contributed by atoms with Crippen LogP contribution >= 0.6 is 0 Å². The Bertz CT molecular complexity index is 2430. The second-order valence-corrected chi connectivity index (χ2v) is 11.2. The Hall–Kier alpha value is -5.29. The molecule has 48 heavy (non-hydrogen) atoms. The Morgan fingerprint density at radius 2 is 1.40 bits per heavy atom. The van der Waals surface area contributed by atoms with Crippen LogP contribution in [0.4, 0.5) is 0 Å². The molecule has 2 aliphatic rings. The minimum Gasteiger partial charge on any atom is -0.503 e. The van der Waals surface area contributed by atoms with E-state index < -0.39 is 13.7 Å². The molecule has 0 fully saturated rings. The summed E-state index contributed by atoms with van der Waals surface area (Å²) in [6.07, 6.45) is 2.84.